The maximum Gasteiger partial charge on any atom is 0.242 e. The molecular formula is C16H15N5O5S. The first-order valence-corrected chi connectivity index (χ1v) is 9.58. The van der Waals surface area contributed by atoms with Crippen LogP contribution in [0.3, 0.4) is 0 Å². The number of nitrogens with zero attached hydrogens (tertiary/aromatic N) is 3. The molecule has 140 valence electrons. The minimum absolute atomic E-state index is 0.0780. The van der Waals surface area contributed by atoms with Crippen molar-refractivity contribution in [2.24, 2.45) is 0 Å². The number of benzene rings is 1. The Labute approximate surface area is 154 Å². The number of carbonyl (C=O) groups is 1. The highest BCUT2D eigenvalue weighted by Gasteiger charge is 2.21. The van der Waals surface area contributed by atoms with Gasteiger partial charge in [-0.15, -0.1) is 0 Å². The minimum atomic E-state index is -3.78. The molecule has 11 heteroatoms. The summed E-state index contributed by atoms with van der Waals surface area (Å²) in [6.07, 6.45) is 0.824. The number of fused-ring (bicyclic) bond motifs is 1. The van der Waals surface area contributed by atoms with E-state index in [4.69, 9.17) is 9.05 Å². The molecule has 0 fully saturated rings. The predicted octanol–water partition coefficient (Wildman–Crippen LogP) is 1.40. The zero-order chi connectivity index (χ0) is 19.0. The number of rotatable bonds is 5. The van der Waals surface area contributed by atoms with Crippen LogP contribution < -0.4 is 10.0 Å². The Kier molecular flexibility index (Phi) is 4.24. The third-order valence-electron chi connectivity index (χ3n) is 4.02. The van der Waals surface area contributed by atoms with E-state index in [2.05, 4.69) is 25.3 Å². The first kappa shape index (κ1) is 17.4. The average molecular weight is 389 g/mol. The summed E-state index contributed by atoms with van der Waals surface area (Å²) in [7, 11) is -3.78. The number of hydrogen-bond donors (Lipinski definition) is 2. The van der Waals surface area contributed by atoms with Crippen molar-refractivity contribution in [2.45, 2.75) is 31.2 Å². The van der Waals surface area contributed by atoms with E-state index in [-0.39, 0.29) is 29.1 Å². The van der Waals surface area contributed by atoms with Gasteiger partial charge in [-0.1, -0.05) is 10.3 Å². The Bertz CT molecular complexity index is 1120. The summed E-state index contributed by atoms with van der Waals surface area (Å²) in [5.74, 6) is 0.830. The molecule has 0 radical (unpaired) electrons. The highest BCUT2D eigenvalue weighted by atomic mass is 32.2. The summed E-state index contributed by atoms with van der Waals surface area (Å²) in [6, 6.07) is 6.21. The molecular weight excluding hydrogens is 374 g/mol. The molecule has 1 aliphatic rings. The van der Waals surface area contributed by atoms with Crippen LogP contribution in [0.25, 0.3) is 11.5 Å². The molecule has 0 spiro atoms. The van der Waals surface area contributed by atoms with Gasteiger partial charge in [0.1, 0.15) is 5.76 Å². The molecule has 1 aliphatic heterocycles. The number of anilines is 1. The van der Waals surface area contributed by atoms with Gasteiger partial charge in [-0.3, -0.25) is 4.79 Å². The van der Waals surface area contributed by atoms with Crippen molar-refractivity contribution in [1.29, 1.82) is 0 Å². The Morgan fingerprint density at radius 1 is 1.19 bits per heavy atom. The SMILES string of the molecule is Cc1cc(-c2noc(CNS(=O)(=O)c3ccc4c(c3)CCC(=O)N4)n2)no1. The average Bonchev–Trinajstić information content (AvgIpc) is 3.28. The van der Waals surface area contributed by atoms with E-state index in [9.17, 15) is 13.2 Å². The van der Waals surface area contributed by atoms with Crippen molar-refractivity contribution in [3.05, 3.63) is 41.5 Å². The van der Waals surface area contributed by atoms with Gasteiger partial charge < -0.3 is 14.4 Å². The molecule has 0 unspecified atom stereocenters. The second kappa shape index (κ2) is 6.59. The Balaban J connectivity index is 1.48. The molecule has 0 saturated carbocycles. The molecule has 10 nitrogen and oxygen atoms in total. The van der Waals surface area contributed by atoms with Gasteiger partial charge in [0, 0.05) is 18.2 Å². The smallest absolute Gasteiger partial charge is 0.242 e. The number of nitrogens with one attached hydrogen (secondary N) is 2. The van der Waals surface area contributed by atoms with E-state index in [1.165, 1.54) is 6.07 Å². The van der Waals surface area contributed by atoms with Gasteiger partial charge in [-0.2, -0.15) is 4.98 Å². The Morgan fingerprint density at radius 2 is 2.04 bits per heavy atom. The molecule has 2 aromatic heterocycles. The van der Waals surface area contributed by atoms with Gasteiger partial charge in [-0.05, 0) is 37.1 Å². The van der Waals surface area contributed by atoms with Crippen LogP contribution in [-0.4, -0.2) is 29.6 Å². The van der Waals surface area contributed by atoms with Crippen molar-refractivity contribution in [3.8, 4) is 11.5 Å². The number of hydrogen-bond acceptors (Lipinski definition) is 8. The molecule has 0 bridgehead atoms. The third-order valence-corrected chi connectivity index (χ3v) is 5.42. The van der Waals surface area contributed by atoms with Gasteiger partial charge in [0.15, 0.2) is 5.69 Å². The maximum atomic E-state index is 12.5. The molecule has 27 heavy (non-hydrogen) atoms. The van der Waals surface area contributed by atoms with E-state index in [1.807, 2.05) is 0 Å². The fourth-order valence-corrected chi connectivity index (χ4v) is 3.69. The molecule has 0 aliphatic carbocycles. The Morgan fingerprint density at radius 3 is 2.81 bits per heavy atom. The van der Waals surface area contributed by atoms with Crippen LogP contribution in [0.15, 0.2) is 38.2 Å². The molecule has 4 rings (SSSR count). The lowest BCUT2D eigenvalue weighted by Crippen LogP contribution is -2.24. The third kappa shape index (κ3) is 3.59. The summed E-state index contributed by atoms with van der Waals surface area (Å²) < 4.78 is 37.4. The van der Waals surface area contributed by atoms with Crippen LogP contribution in [0, 0.1) is 6.92 Å². The molecule has 0 atom stereocenters. The minimum Gasteiger partial charge on any atom is -0.361 e. The van der Waals surface area contributed by atoms with Gasteiger partial charge in [0.25, 0.3) is 0 Å². The second-order valence-electron chi connectivity index (χ2n) is 6.03. The van der Waals surface area contributed by atoms with E-state index in [0.717, 1.165) is 5.56 Å². The van der Waals surface area contributed by atoms with Crippen LogP contribution in [0.4, 0.5) is 5.69 Å². The normalized spacial score (nSPS) is 14.0. The predicted molar refractivity (Wildman–Crippen MR) is 92.0 cm³/mol. The first-order valence-electron chi connectivity index (χ1n) is 8.09. The lowest BCUT2D eigenvalue weighted by molar-refractivity contribution is -0.116. The van der Waals surface area contributed by atoms with Gasteiger partial charge in [-0.25, -0.2) is 13.1 Å². The van der Waals surface area contributed by atoms with E-state index in [1.54, 1.807) is 25.1 Å². The van der Waals surface area contributed by atoms with Crippen molar-refractivity contribution >= 4 is 21.6 Å². The highest BCUT2D eigenvalue weighted by Crippen LogP contribution is 2.25. The lowest BCUT2D eigenvalue weighted by atomic mass is 10.0. The Hall–Kier alpha value is -3.05. The first-order chi connectivity index (χ1) is 12.9. The maximum absolute atomic E-state index is 12.5. The van der Waals surface area contributed by atoms with E-state index < -0.39 is 10.0 Å². The number of carbonyl (C=O) groups excluding carboxylic acids is 1. The molecule has 2 N–H and O–H groups in total. The van der Waals surface area contributed by atoms with Crippen LogP contribution in [-0.2, 0) is 27.8 Å². The fourth-order valence-electron chi connectivity index (χ4n) is 2.67. The van der Waals surface area contributed by atoms with Crippen molar-refractivity contribution in [2.75, 3.05) is 5.32 Å². The topological polar surface area (TPSA) is 140 Å². The molecule has 3 heterocycles. The molecule has 1 amide bonds. The summed E-state index contributed by atoms with van der Waals surface area (Å²) >= 11 is 0. The van der Waals surface area contributed by atoms with Crippen molar-refractivity contribution in [1.82, 2.24) is 20.0 Å². The fraction of sp³-hybridized carbons (Fsp3) is 0.250. The van der Waals surface area contributed by atoms with Gasteiger partial charge >= 0.3 is 0 Å². The van der Waals surface area contributed by atoms with E-state index >= 15 is 0 Å². The van der Waals surface area contributed by atoms with Gasteiger partial charge in [0.2, 0.25) is 27.6 Å². The number of sulfonamides is 1. The zero-order valence-corrected chi connectivity index (χ0v) is 15.0. The van der Waals surface area contributed by atoms with Crippen LogP contribution in [0.1, 0.15) is 23.6 Å². The second-order valence-corrected chi connectivity index (χ2v) is 7.79. The molecule has 0 saturated heterocycles. The van der Waals surface area contributed by atoms with Crippen molar-refractivity contribution in [3.63, 3.8) is 0 Å². The van der Waals surface area contributed by atoms with E-state index in [0.29, 0.717) is 30.0 Å². The monoisotopic (exact) mass is 389 g/mol. The van der Waals surface area contributed by atoms with Crippen LogP contribution >= 0.6 is 0 Å². The van der Waals surface area contributed by atoms with Crippen LogP contribution in [0.2, 0.25) is 0 Å². The summed E-state index contributed by atoms with van der Waals surface area (Å²) in [5.41, 5.74) is 1.82. The summed E-state index contributed by atoms with van der Waals surface area (Å²) in [6.45, 7) is 1.57. The summed E-state index contributed by atoms with van der Waals surface area (Å²) in [5, 5.41) is 10.2. The number of aromatic nitrogens is 3. The largest absolute Gasteiger partial charge is 0.361 e. The van der Waals surface area contributed by atoms with Crippen LogP contribution in [0.5, 0.6) is 0 Å². The standard InChI is InChI=1S/C16H15N5O5S/c1-9-6-13(20-25-9)16-19-15(26-21-16)8-17-27(23,24)11-3-4-12-10(7-11)2-5-14(22)18-12/h3-4,6-7,17H,2,5,8H2,1H3,(H,18,22). The quantitative estimate of drug-likeness (QED) is 0.667. The zero-order valence-electron chi connectivity index (χ0n) is 14.2. The number of amides is 1. The van der Waals surface area contributed by atoms with Gasteiger partial charge in [0.05, 0.1) is 11.4 Å². The lowest BCUT2D eigenvalue weighted by Gasteiger charge is -2.17. The molecule has 3 aromatic rings. The molecule has 1 aromatic carbocycles. The highest BCUT2D eigenvalue weighted by molar-refractivity contribution is 7.89. The summed E-state index contributed by atoms with van der Waals surface area (Å²) in [4.78, 5) is 15.6. The van der Waals surface area contributed by atoms with Crippen molar-refractivity contribution < 1.29 is 22.3 Å². The number of aryl methyl sites for hydroxylation is 2.